The maximum Gasteiger partial charge on any atom is 0.325 e. The second-order valence-electron chi connectivity index (χ2n) is 3.84. The van der Waals surface area contributed by atoms with E-state index in [1.807, 2.05) is 0 Å². The van der Waals surface area contributed by atoms with Gasteiger partial charge in [0, 0.05) is 12.4 Å². The first-order valence-corrected chi connectivity index (χ1v) is 5.92. The topological polar surface area (TPSA) is 110 Å². The van der Waals surface area contributed by atoms with E-state index in [4.69, 9.17) is 16.7 Å². The molecule has 104 valence electrons. The average molecular weight is 296 g/mol. The highest BCUT2D eigenvalue weighted by atomic mass is 35.5. The van der Waals surface area contributed by atoms with Gasteiger partial charge in [0.25, 0.3) is 5.91 Å². The van der Waals surface area contributed by atoms with Crippen molar-refractivity contribution in [2.75, 3.05) is 0 Å². The van der Waals surface area contributed by atoms with E-state index in [1.54, 1.807) is 0 Å². The summed E-state index contributed by atoms with van der Waals surface area (Å²) in [6, 6.07) is 1.50. The molecule has 0 radical (unpaired) electrons. The van der Waals surface area contributed by atoms with Gasteiger partial charge >= 0.3 is 5.97 Å². The van der Waals surface area contributed by atoms with Crippen molar-refractivity contribution in [3.63, 3.8) is 0 Å². The van der Waals surface area contributed by atoms with E-state index in [1.165, 1.54) is 29.3 Å². The van der Waals surface area contributed by atoms with Gasteiger partial charge in [0.2, 0.25) is 0 Å². The number of hydrogen-bond acceptors (Lipinski definition) is 5. The lowest BCUT2D eigenvalue weighted by Crippen LogP contribution is -2.23. The Morgan fingerprint density at radius 2 is 2.25 bits per heavy atom. The van der Waals surface area contributed by atoms with Crippen molar-refractivity contribution < 1.29 is 14.7 Å². The maximum atomic E-state index is 11.9. The lowest BCUT2D eigenvalue weighted by atomic mass is 10.2. The van der Waals surface area contributed by atoms with E-state index >= 15 is 0 Å². The second-order valence-corrected chi connectivity index (χ2v) is 4.25. The fourth-order valence-electron chi connectivity index (χ4n) is 1.46. The molecule has 0 aromatic carbocycles. The third-order valence-corrected chi connectivity index (χ3v) is 2.63. The molecule has 0 aliphatic heterocycles. The van der Waals surface area contributed by atoms with E-state index in [9.17, 15) is 9.59 Å². The highest BCUT2D eigenvalue weighted by Gasteiger charge is 2.11. The number of nitrogens with one attached hydrogen (secondary N) is 1. The largest absolute Gasteiger partial charge is 0.480 e. The van der Waals surface area contributed by atoms with E-state index < -0.39 is 5.97 Å². The Morgan fingerprint density at radius 3 is 2.95 bits per heavy atom. The molecule has 2 rings (SSSR count). The van der Waals surface area contributed by atoms with Gasteiger partial charge in [0.05, 0.1) is 23.3 Å². The summed E-state index contributed by atoms with van der Waals surface area (Å²) < 4.78 is 1.17. The maximum absolute atomic E-state index is 11.9. The fourth-order valence-corrected chi connectivity index (χ4v) is 1.67. The summed E-state index contributed by atoms with van der Waals surface area (Å²) in [4.78, 5) is 26.1. The van der Waals surface area contributed by atoms with Crippen molar-refractivity contribution in [2.24, 2.45) is 0 Å². The smallest absolute Gasteiger partial charge is 0.325 e. The first kappa shape index (κ1) is 13.9. The predicted molar refractivity (Wildman–Crippen MR) is 68.1 cm³/mol. The molecule has 0 aliphatic carbocycles. The van der Waals surface area contributed by atoms with Gasteiger partial charge in [-0.25, -0.2) is 4.68 Å². The zero-order valence-electron chi connectivity index (χ0n) is 10.2. The molecule has 2 aromatic heterocycles. The predicted octanol–water partition coefficient (Wildman–Crippen LogP) is 0.341. The van der Waals surface area contributed by atoms with Crippen LogP contribution in [-0.4, -0.2) is 37.0 Å². The first-order valence-electron chi connectivity index (χ1n) is 5.55. The number of carboxylic acid groups (broad SMARTS) is 1. The monoisotopic (exact) mass is 295 g/mol. The van der Waals surface area contributed by atoms with Gasteiger partial charge in [-0.05, 0) is 6.07 Å². The first-order chi connectivity index (χ1) is 9.56. The number of aliphatic carboxylic acids is 1. The Balaban J connectivity index is 1.95. The number of aromatic nitrogens is 4. The molecule has 8 nitrogen and oxygen atoms in total. The average Bonchev–Trinajstić information content (AvgIpc) is 2.83. The van der Waals surface area contributed by atoms with Gasteiger partial charge in [0.15, 0.2) is 0 Å². The lowest BCUT2D eigenvalue weighted by Gasteiger charge is -2.04. The molecule has 1 amide bonds. The zero-order valence-corrected chi connectivity index (χ0v) is 10.9. The molecule has 0 aliphatic rings. The number of hydrogen-bond donors (Lipinski definition) is 2. The van der Waals surface area contributed by atoms with E-state index in [0.29, 0.717) is 11.3 Å². The van der Waals surface area contributed by atoms with Crippen molar-refractivity contribution >= 4 is 23.5 Å². The summed E-state index contributed by atoms with van der Waals surface area (Å²) in [6.45, 7) is -0.158. The summed E-state index contributed by atoms with van der Waals surface area (Å²) in [5.41, 5.74) is 0.754. The van der Waals surface area contributed by atoms with Gasteiger partial charge in [-0.15, -0.1) is 5.10 Å². The Labute approximate surface area is 118 Å². The van der Waals surface area contributed by atoms with Crippen molar-refractivity contribution in [3.8, 4) is 0 Å². The van der Waals surface area contributed by atoms with Crippen molar-refractivity contribution in [1.29, 1.82) is 0 Å². The molecule has 0 unspecified atom stereocenters. The standard InChI is InChI=1S/C11H10ClN5O3/c12-9-4-13-2-1-8(9)11(20)14-3-7-5-17(16-15-7)6-10(18)19/h1-2,4-5H,3,6H2,(H,14,20)(H,18,19). The van der Waals surface area contributed by atoms with E-state index in [-0.39, 0.29) is 24.0 Å². The van der Waals surface area contributed by atoms with E-state index in [2.05, 4.69) is 20.6 Å². The molecule has 2 aromatic rings. The minimum atomic E-state index is -1.02. The molecule has 0 bridgehead atoms. The number of carbonyl (C=O) groups is 2. The van der Waals surface area contributed by atoms with Gasteiger partial charge in [-0.2, -0.15) is 0 Å². The number of rotatable bonds is 5. The summed E-state index contributed by atoms with van der Waals surface area (Å²) in [5.74, 6) is -1.39. The van der Waals surface area contributed by atoms with Gasteiger partial charge in [0.1, 0.15) is 12.2 Å². The highest BCUT2D eigenvalue weighted by molar-refractivity contribution is 6.33. The molecule has 20 heavy (non-hydrogen) atoms. The summed E-state index contributed by atoms with van der Waals surface area (Å²) in [6.07, 6.45) is 4.28. The second kappa shape index (κ2) is 6.11. The van der Waals surface area contributed by atoms with Crippen molar-refractivity contribution in [1.82, 2.24) is 25.3 Å². The van der Waals surface area contributed by atoms with Crippen LogP contribution in [0.25, 0.3) is 0 Å². The number of pyridine rings is 1. The molecule has 0 saturated carbocycles. The number of amides is 1. The normalized spacial score (nSPS) is 10.2. The molecule has 2 N–H and O–H groups in total. The van der Waals surface area contributed by atoms with Gasteiger partial charge in [-0.1, -0.05) is 16.8 Å². The minimum Gasteiger partial charge on any atom is -0.480 e. The van der Waals surface area contributed by atoms with Crippen LogP contribution in [0.1, 0.15) is 16.1 Å². The number of nitrogens with zero attached hydrogens (tertiary/aromatic N) is 4. The molecule has 0 fully saturated rings. The molecule has 9 heteroatoms. The molecule has 0 saturated heterocycles. The van der Waals surface area contributed by atoms with Crippen LogP contribution in [0.4, 0.5) is 0 Å². The highest BCUT2D eigenvalue weighted by Crippen LogP contribution is 2.12. The Bertz CT molecular complexity index is 642. The third kappa shape index (κ3) is 3.51. The molecular weight excluding hydrogens is 286 g/mol. The third-order valence-electron chi connectivity index (χ3n) is 2.33. The summed E-state index contributed by atoms with van der Waals surface area (Å²) in [7, 11) is 0. The van der Waals surface area contributed by atoms with Crippen LogP contribution in [-0.2, 0) is 17.9 Å². The zero-order chi connectivity index (χ0) is 14.5. The van der Waals surface area contributed by atoms with Crippen molar-refractivity contribution in [2.45, 2.75) is 13.1 Å². The van der Waals surface area contributed by atoms with Crippen LogP contribution in [0.3, 0.4) is 0 Å². The summed E-state index contributed by atoms with van der Waals surface area (Å²) in [5, 5.41) is 18.8. The van der Waals surface area contributed by atoms with Crippen LogP contribution in [0.2, 0.25) is 5.02 Å². The minimum absolute atomic E-state index is 0.122. The lowest BCUT2D eigenvalue weighted by molar-refractivity contribution is -0.137. The van der Waals surface area contributed by atoms with Crippen molar-refractivity contribution in [3.05, 3.63) is 40.9 Å². The molecule has 2 heterocycles. The number of carboxylic acids is 1. The Morgan fingerprint density at radius 1 is 1.45 bits per heavy atom. The van der Waals surface area contributed by atoms with Crippen LogP contribution in [0.15, 0.2) is 24.7 Å². The van der Waals surface area contributed by atoms with Gasteiger partial charge in [-0.3, -0.25) is 14.6 Å². The number of halogens is 1. The van der Waals surface area contributed by atoms with E-state index in [0.717, 1.165) is 0 Å². The summed E-state index contributed by atoms with van der Waals surface area (Å²) >= 11 is 5.84. The van der Waals surface area contributed by atoms with Crippen LogP contribution in [0, 0.1) is 0 Å². The Kier molecular flexibility index (Phi) is 4.26. The van der Waals surface area contributed by atoms with Crippen LogP contribution < -0.4 is 5.32 Å². The Hall–Kier alpha value is -2.48. The SMILES string of the molecule is O=C(O)Cn1cc(CNC(=O)c2ccncc2Cl)nn1. The molecule has 0 spiro atoms. The van der Waals surface area contributed by atoms with Gasteiger partial charge < -0.3 is 10.4 Å². The van der Waals surface area contributed by atoms with Crippen LogP contribution in [0.5, 0.6) is 0 Å². The van der Waals surface area contributed by atoms with Crippen LogP contribution >= 0.6 is 11.6 Å². The molecular formula is C11H10ClN5O3. The molecule has 0 atom stereocenters. The fraction of sp³-hybridized carbons (Fsp3) is 0.182. The number of carbonyl (C=O) groups excluding carboxylic acids is 1. The quantitative estimate of drug-likeness (QED) is 0.823.